The van der Waals surface area contributed by atoms with Gasteiger partial charge in [-0.25, -0.2) is 0 Å². The van der Waals surface area contributed by atoms with Gasteiger partial charge in [-0.1, -0.05) is 0 Å². The van der Waals surface area contributed by atoms with Crippen LogP contribution in [0.5, 0.6) is 0 Å². The van der Waals surface area contributed by atoms with Gasteiger partial charge in [0.15, 0.2) is 0 Å². The Morgan fingerprint density at radius 3 is 2.40 bits per heavy atom. The predicted octanol–water partition coefficient (Wildman–Crippen LogP) is 0.853. The number of hydrogen-bond acceptors (Lipinski definition) is 3. The SMILES string of the molecule is CP(C)(=O)CCCCNN. The van der Waals surface area contributed by atoms with Crippen molar-refractivity contribution in [3.05, 3.63) is 0 Å². The van der Waals surface area contributed by atoms with E-state index in [1.807, 2.05) is 13.3 Å². The van der Waals surface area contributed by atoms with E-state index in [0.717, 1.165) is 25.5 Å². The second kappa shape index (κ2) is 4.89. The van der Waals surface area contributed by atoms with Crippen LogP contribution in [0, 0.1) is 0 Å². The number of rotatable bonds is 5. The molecule has 10 heavy (non-hydrogen) atoms. The highest BCUT2D eigenvalue weighted by atomic mass is 31.2. The van der Waals surface area contributed by atoms with Gasteiger partial charge in [-0.3, -0.25) is 11.3 Å². The van der Waals surface area contributed by atoms with E-state index >= 15 is 0 Å². The standard InChI is InChI=1S/C6H17N2OP/c1-10(2,9)6-4-3-5-8-7/h8H,3-7H2,1-2H3. The minimum Gasteiger partial charge on any atom is -0.324 e. The first kappa shape index (κ1) is 10.2. The first-order chi connectivity index (χ1) is 4.56. The maximum atomic E-state index is 11.1. The Bertz CT molecular complexity index is 121. The zero-order valence-electron chi connectivity index (χ0n) is 6.76. The molecule has 0 aliphatic rings. The van der Waals surface area contributed by atoms with Crippen LogP contribution in [0.2, 0.25) is 0 Å². The number of nitrogens with two attached hydrogens (primary N) is 1. The normalized spacial score (nSPS) is 11.9. The van der Waals surface area contributed by atoms with Gasteiger partial charge in [-0.05, 0) is 26.2 Å². The van der Waals surface area contributed by atoms with E-state index in [-0.39, 0.29) is 0 Å². The van der Waals surface area contributed by atoms with Crippen molar-refractivity contribution >= 4 is 7.14 Å². The Balaban J connectivity index is 3.13. The first-order valence-electron chi connectivity index (χ1n) is 3.54. The predicted molar refractivity (Wildman–Crippen MR) is 45.7 cm³/mol. The van der Waals surface area contributed by atoms with Crippen molar-refractivity contribution in [3.8, 4) is 0 Å². The van der Waals surface area contributed by atoms with E-state index in [1.165, 1.54) is 0 Å². The Labute approximate surface area is 62.7 Å². The highest BCUT2D eigenvalue weighted by molar-refractivity contribution is 7.62. The number of nitrogens with one attached hydrogen (secondary N) is 1. The van der Waals surface area contributed by atoms with Crippen LogP contribution < -0.4 is 11.3 Å². The summed E-state index contributed by atoms with van der Waals surface area (Å²) in [5, 5.41) is 0. The molecular formula is C6H17N2OP. The summed E-state index contributed by atoms with van der Waals surface area (Å²) in [6, 6.07) is 0. The molecule has 62 valence electrons. The van der Waals surface area contributed by atoms with Gasteiger partial charge in [-0.15, -0.1) is 0 Å². The largest absolute Gasteiger partial charge is 0.324 e. The molecule has 0 rings (SSSR count). The smallest absolute Gasteiger partial charge is 0.0819 e. The fourth-order valence-corrected chi connectivity index (χ4v) is 1.70. The van der Waals surface area contributed by atoms with Crippen molar-refractivity contribution in [1.82, 2.24) is 5.43 Å². The van der Waals surface area contributed by atoms with Crippen molar-refractivity contribution < 1.29 is 4.57 Å². The molecule has 4 heteroatoms. The third kappa shape index (κ3) is 8.15. The molecule has 0 fully saturated rings. The average molecular weight is 164 g/mol. The van der Waals surface area contributed by atoms with Crippen molar-refractivity contribution in [2.24, 2.45) is 5.84 Å². The van der Waals surface area contributed by atoms with Gasteiger partial charge in [0.1, 0.15) is 0 Å². The minimum atomic E-state index is -1.77. The van der Waals surface area contributed by atoms with Crippen molar-refractivity contribution in [3.63, 3.8) is 0 Å². The van der Waals surface area contributed by atoms with Crippen LogP contribution in [0.1, 0.15) is 12.8 Å². The van der Waals surface area contributed by atoms with E-state index in [0.29, 0.717) is 0 Å². The quantitative estimate of drug-likeness (QED) is 0.274. The summed E-state index contributed by atoms with van der Waals surface area (Å²) < 4.78 is 11.1. The molecule has 0 aliphatic heterocycles. The lowest BCUT2D eigenvalue weighted by atomic mass is 10.3. The maximum Gasteiger partial charge on any atom is 0.0819 e. The van der Waals surface area contributed by atoms with Crippen molar-refractivity contribution in [2.75, 3.05) is 26.0 Å². The average Bonchev–Trinajstić information content (AvgIpc) is 1.78. The topological polar surface area (TPSA) is 55.1 Å². The molecule has 3 nitrogen and oxygen atoms in total. The molecule has 0 unspecified atom stereocenters. The highest BCUT2D eigenvalue weighted by Gasteiger charge is 2.04. The minimum absolute atomic E-state index is 0.819. The summed E-state index contributed by atoms with van der Waals surface area (Å²) >= 11 is 0. The van der Waals surface area contributed by atoms with Crippen LogP contribution in [0.15, 0.2) is 0 Å². The van der Waals surface area contributed by atoms with Crippen LogP contribution in [0.3, 0.4) is 0 Å². The molecule has 0 saturated heterocycles. The van der Waals surface area contributed by atoms with E-state index in [1.54, 1.807) is 0 Å². The van der Waals surface area contributed by atoms with Gasteiger partial charge in [0, 0.05) is 12.7 Å². The maximum absolute atomic E-state index is 11.1. The van der Waals surface area contributed by atoms with Crippen LogP contribution >= 0.6 is 7.14 Å². The van der Waals surface area contributed by atoms with E-state index in [9.17, 15) is 4.57 Å². The Kier molecular flexibility index (Phi) is 4.96. The lowest BCUT2D eigenvalue weighted by Crippen LogP contribution is -2.22. The molecule has 3 N–H and O–H groups in total. The van der Waals surface area contributed by atoms with Gasteiger partial charge in [0.25, 0.3) is 0 Å². The summed E-state index contributed by atoms with van der Waals surface area (Å²) in [6.07, 6.45) is 2.87. The van der Waals surface area contributed by atoms with Crippen molar-refractivity contribution in [2.45, 2.75) is 12.8 Å². The third-order valence-corrected chi connectivity index (χ3v) is 2.66. The van der Waals surface area contributed by atoms with E-state index in [4.69, 9.17) is 5.84 Å². The molecule has 0 aromatic heterocycles. The summed E-state index contributed by atoms with van der Waals surface area (Å²) in [5.41, 5.74) is 2.56. The number of hydrogen-bond donors (Lipinski definition) is 2. The van der Waals surface area contributed by atoms with Crippen LogP contribution in [-0.2, 0) is 4.57 Å². The lowest BCUT2D eigenvalue weighted by Gasteiger charge is -2.04. The summed E-state index contributed by atoms with van der Waals surface area (Å²) in [7, 11) is -1.77. The molecule has 0 saturated carbocycles. The zero-order chi connectivity index (χ0) is 8.04. The first-order valence-corrected chi connectivity index (χ1v) is 6.32. The Morgan fingerprint density at radius 1 is 1.40 bits per heavy atom. The second-order valence-electron chi connectivity index (χ2n) is 2.96. The van der Waals surface area contributed by atoms with Gasteiger partial charge in [-0.2, -0.15) is 0 Å². The number of hydrazine groups is 1. The fourth-order valence-electron chi connectivity index (χ4n) is 0.720. The molecule has 0 aromatic carbocycles. The zero-order valence-corrected chi connectivity index (χ0v) is 7.66. The second-order valence-corrected chi connectivity index (χ2v) is 6.55. The molecule has 0 radical (unpaired) electrons. The summed E-state index contributed by atoms with van der Waals surface area (Å²) in [4.78, 5) is 0. The van der Waals surface area contributed by atoms with Gasteiger partial charge >= 0.3 is 0 Å². The summed E-state index contributed by atoms with van der Waals surface area (Å²) in [5.74, 6) is 5.06. The van der Waals surface area contributed by atoms with Crippen LogP contribution in [0.4, 0.5) is 0 Å². The molecule has 0 aliphatic carbocycles. The lowest BCUT2D eigenvalue weighted by molar-refractivity contribution is 0.578. The van der Waals surface area contributed by atoms with Gasteiger partial charge in [0.2, 0.25) is 0 Å². The number of unbranched alkanes of at least 4 members (excludes halogenated alkanes) is 1. The Hall–Kier alpha value is 0.150. The monoisotopic (exact) mass is 164 g/mol. The molecule has 0 bridgehead atoms. The molecule has 0 heterocycles. The molecule has 0 aromatic rings. The van der Waals surface area contributed by atoms with Gasteiger partial charge in [0.05, 0.1) is 7.14 Å². The summed E-state index contributed by atoms with van der Waals surface area (Å²) in [6.45, 7) is 4.46. The van der Waals surface area contributed by atoms with E-state index < -0.39 is 7.14 Å². The van der Waals surface area contributed by atoms with Gasteiger partial charge < -0.3 is 4.57 Å². The third-order valence-electron chi connectivity index (χ3n) is 1.27. The van der Waals surface area contributed by atoms with E-state index in [2.05, 4.69) is 5.43 Å². The Morgan fingerprint density at radius 2 is 2.00 bits per heavy atom. The fraction of sp³-hybridized carbons (Fsp3) is 1.00. The van der Waals surface area contributed by atoms with Crippen molar-refractivity contribution in [1.29, 1.82) is 0 Å². The highest BCUT2D eigenvalue weighted by Crippen LogP contribution is 2.36. The molecule has 0 spiro atoms. The van der Waals surface area contributed by atoms with Crippen LogP contribution in [0.25, 0.3) is 0 Å². The molecule has 0 amide bonds. The molecular weight excluding hydrogens is 147 g/mol. The molecule has 0 atom stereocenters. The van der Waals surface area contributed by atoms with Crippen LogP contribution in [-0.4, -0.2) is 26.0 Å².